The van der Waals surface area contributed by atoms with Crippen molar-refractivity contribution in [2.45, 2.75) is 31.6 Å². The fourth-order valence-electron chi connectivity index (χ4n) is 2.01. The van der Waals surface area contributed by atoms with E-state index >= 15 is 0 Å². The summed E-state index contributed by atoms with van der Waals surface area (Å²) < 4.78 is 0. The van der Waals surface area contributed by atoms with E-state index in [1.807, 2.05) is 11.3 Å². The second-order valence-corrected chi connectivity index (χ2v) is 5.16. The fraction of sp³-hybridized carbons (Fsp3) is 0.600. The van der Waals surface area contributed by atoms with E-state index in [2.05, 4.69) is 27.4 Å². The van der Waals surface area contributed by atoms with E-state index in [9.17, 15) is 0 Å². The first kappa shape index (κ1) is 8.76. The minimum Gasteiger partial charge on any atom is -0.149 e. The Hall–Kier alpha value is 0.180. The third-order valence-corrected chi connectivity index (χ3v) is 4.09. The number of alkyl halides is 1. The van der Waals surface area contributed by atoms with Gasteiger partial charge in [0.1, 0.15) is 0 Å². The van der Waals surface area contributed by atoms with Crippen molar-refractivity contribution in [2.75, 3.05) is 5.33 Å². The van der Waals surface area contributed by atoms with E-state index in [-0.39, 0.29) is 0 Å². The second kappa shape index (κ2) is 3.93. The van der Waals surface area contributed by atoms with Crippen molar-refractivity contribution in [3.63, 3.8) is 0 Å². The maximum absolute atomic E-state index is 3.53. The summed E-state index contributed by atoms with van der Waals surface area (Å²) in [5.41, 5.74) is 1.64. The highest BCUT2D eigenvalue weighted by molar-refractivity contribution is 9.09. The molecule has 0 saturated carbocycles. The van der Waals surface area contributed by atoms with Crippen molar-refractivity contribution in [1.29, 1.82) is 0 Å². The Kier molecular flexibility index (Phi) is 2.87. The van der Waals surface area contributed by atoms with Crippen LogP contribution in [0.3, 0.4) is 0 Å². The molecule has 0 fully saturated rings. The van der Waals surface area contributed by atoms with Gasteiger partial charge in [-0.1, -0.05) is 15.9 Å². The molecule has 1 aromatic rings. The van der Waals surface area contributed by atoms with Gasteiger partial charge in [0.25, 0.3) is 0 Å². The second-order valence-electron chi connectivity index (χ2n) is 3.37. The van der Waals surface area contributed by atoms with E-state index in [1.54, 1.807) is 10.4 Å². The highest BCUT2D eigenvalue weighted by atomic mass is 79.9. The normalized spacial score (nSPS) is 22.2. The van der Waals surface area contributed by atoms with Gasteiger partial charge < -0.3 is 0 Å². The van der Waals surface area contributed by atoms with Crippen molar-refractivity contribution in [1.82, 2.24) is 0 Å². The van der Waals surface area contributed by atoms with Crippen molar-refractivity contribution in [2.24, 2.45) is 0 Å². The van der Waals surface area contributed by atoms with Crippen LogP contribution in [0.15, 0.2) is 11.4 Å². The molecular weight excluding hydrogens is 232 g/mol. The molecule has 0 N–H and O–H groups in total. The standard InChI is InChI=1S/C10H13BrS/c11-6-4-8-2-1-3-10-9(8)5-7-12-10/h5,7-8H,1-4,6H2. The van der Waals surface area contributed by atoms with Crippen LogP contribution in [0.5, 0.6) is 0 Å². The summed E-state index contributed by atoms with van der Waals surface area (Å²) in [6.45, 7) is 0. The SMILES string of the molecule is BrCCC1CCCc2sccc21. The van der Waals surface area contributed by atoms with Gasteiger partial charge in [0.2, 0.25) is 0 Å². The quantitative estimate of drug-likeness (QED) is 0.692. The maximum Gasteiger partial charge on any atom is 0.00800 e. The summed E-state index contributed by atoms with van der Waals surface area (Å²) in [5.74, 6) is 0.847. The summed E-state index contributed by atoms with van der Waals surface area (Å²) >= 11 is 5.47. The van der Waals surface area contributed by atoms with Crippen LogP contribution < -0.4 is 0 Å². The van der Waals surface area contributed by atoms with Gasteiger partial charge in [-0.25, -0.2) is 0 Å². The lowest BCUT2D eigenvalue weighted by Crippen LogP contribution is -2.07. The van der Waals surface area contributed by atoms with Crippen LogP contribution in [0.4, 0.5) is 0 Å². The molecule has 12 heavy (non-hydrogen) atoms. The predicted molar refractivity (Wildman–Crippen MR) is 58.4 cm³/mol. The van der Waals surface area contributed by atoms with Gasteiger partial charge in [-0.2, -0.15) is 0 Å². The third-order valence-electron chi connectivity index (χ3n) is 2.63. The van der Waals surface area contributed by atoms with Crippen molar-refractivity contribution >= 4 is 27.3 Å². The van der Waals surface area contributed by atoms with Crippen LogP contribution in [0, 0.1) is 0 Å². The average Bonchev–Trinajstić information content (AvgIpc) is 2.53. The van der Waals surface area contributed by atoms with Crippen LogP contribution in [-0.4, -0.2) is 5.33 Å². The van der Waals surface area contributed by atoms with Gasteiger partial charge in [0.15, 0.2) is 0 Å². The first-order valence-electron chi connectivity index (χ1n) is 4.54. The minimum atomic E-state index is 0.847. The Labute approximate surface area is 86.1 Å². The number of rotatable bonds is 2. The Balaban J connectivity index is 2.19. The Morgan fingerprint density at radius 3 is 3.33 bits per heavy atom. The fourth-order valence-corrected chi connectivity index (χ4v) is 3.58. The highest BCUT2D eigenvalue weighted by Crippen LogP contribution is 2.36. The van der Waals surface area contributed by atoms with Crippen LogP contribution in [0.2, 0.25) is 0 Å². The molecule has 2 heteroatoms. The molecule has 66 valence electrons. The number of halogens is 1. The summed E-state index contributed by atoms with van der Waals surface area (Å²) in [4.78, 5) is 1.65. The molecule has 0 nitrogen and oxygen atoms in total. The lowest BCUT2D eigenvalue weighted by molar-refractivity contribution is 0.550. The van der Waals surface area contributed by atoms with Crippen LogP contribution >= 0.6 is 27.3 Å². The molecule has 0 spiro atoms. The summed E-state index contributed by atoms with van der Waals surface area (Å²) in [6, 6.07) is 2.33. The van der Waals surface area contributed by atoms with Crippen LogP contribution in [0.25, 0.3) is 0 Å². The molecule has 0 aromatic carbocycles. The molecule has 0 amide bonds. The molecule has 2 rings (SSSR count). The summed E-state index contributed by atoms with van der Waals surface area (Å²) in [6.07, 6.45) is 5.43. The van der Waals surface area contributed by atoms with E-state index in [4.69, 9.17) is 0 Å². The van der Waals surface area contributed by atoms with Gasteiger partial charge in [0, 0.05) is 10.2 Å². The monoisotopic (exact) mass is 244 g/mol. The largest absolute Gasteiger partial charge is 0.149 e. The average molecular weight is 245 g/mol. The molecule has 1 aromatic heterocycles. The van der Waals surface area contributed by atoms with Gasteiger partial charge in [-0.3, -0.25) is 0 Å². The van der Waals surface area contributed by atoms with Crippen molar-refractivity contribution in [3.05, 3.63) is 21.9 Å². The first-order valence-corrected chi connectivity index (χ1v) is 6.54. The zero-order chi connectivity index (χ0) is 8.39. The van der Waals surface area contributed by atoms with Gasteiger partial charge >= 0.3 is 0 Å². The Bertz CT molecular complexity index is 254. The smallest absolute Gasteiger partial charge is 0.00800 e. The number of aryl methyl sites for hydroxylation is 1. The van der Waals surface area contributed by atoms with E-state index < -0.39 is 0 Å². The lowest BCUT2D eigenvalue weighted by atomic mass is 9.86. The van der Waals surface area contributed by atoms with E-state index in [1.165, 1.54) is 25.7 Å². The van der Waals surface area contributed by atoms with Crippen molar-refractivity contribution < 1.29 is 0 Å². The molecule has 1 aliphatic carbocycles. The highest BCUT2D eigenvalue weighted by Gasteiger charge is 2.19. The Morgan fingerprint density at radius 2 is 2.50 bits per heavy atom. The zero-order valence-electron chi connectivity index (χ0n) is 7.05. The zero-order valence-corrected chi connectivity index (χ0v) is 9.46. The van der Waals surface area contributed by atoms with Crippen LogP contribution in [0.1, 0.15) is 35.6 Å². The number of hydrogen-bond acceptors (Lipinski definition) is 1. The molecule has 1 unspecified atom stereocenters. The number of hydrogen-bond donors (Lipinski definition) is 0. The molecule has 0 aliphatic heterocycles. The lowest BCUT2D eigenvalue weighted by Gasteiger charge is -2.21. The predicted octanol–water partition coefficient (Wildman–Crippen LogP) is 3.95. The van der Waals surface area contributed by atoms with Crippen LogP contribution in [-0.2, 0) is 6.42 Å². The molecule has 1 atom stereocenters. The maximum atomic E-state index is 3.53. The molecule has 1 aliphatic rings. The van der Waals surface area contributed by atoms with Crippen molar-refractivity contribution in [3.8, 4) is 0 Å². The number of fused-ring (bicyclic) bond motifs is 1. The number of thiophene rings is 1. The van der Waals surface area contributed by atoms with Gasteiger partial charge in [0.05, 0.1) is 0 Å². The molecular formula is C10H13BrS. The molecule has 1 heterocycles. The topological polar surface area (TPSA) is 0 Å². The van der Waals surface area contributed by atoms with Gasteiger partial charge in [-0.05, 0) is 48.6 Å². The van der Waals surface area contributed by atoms with Gasteiger partial charge in [-0.15, -0.1) is 11.3 Å². The van der Waals surface area contributed by atoms with E-state index in [0.29, 0.717) is 0 Å². The third kappa shape index (κ3) is 1.60. The first-order chi connectivity index (χ1) is 5.92. The summed E-state index contributed by atoms with van der Waals surface area (Å²) in [7, 11) is 0. The molecule has 0 bridgehead atoms. The molecule has 0 radical (unpaired) electrons. The minimum absolute atomic E-state index is 0.847. The molecule has 0 saturated heterocycles. The Morgan fingerprint density at radius 1 is 1.58 bits per heavy atom. The summed E-state index contributed by atoms with van der Waals surface area (Å²) in [5, 5.41) is 3.39. The van der Waals surface area contributed by atoms with E-state index in [0.717, 1.165) is 11.2 Å².